The largest absolute Gasteiger partial charge is 0.481 e. The molecule has 9 heteroatoms. The molecule has 0 rings (SSSR count). The standard InChI is InChI=1S/C4H5F2O5S.Y/c1-3(7)11-2-4(5,6)12(8,9)10;/h1-2H2,(H,8,9,10);/q-1;. The summed E-state index contributed by atoms with van der Waals surface area (Å²) in [7, 11) is -5.54. The van der Waals surface area contributed by atoms with E-state index in [0.29, 0.717) is 0 Å². The average molecular weight is 292 g/mol. The van der Waals surface area contributed by atoms with Crippen LogP contribution in [0.3, 0.4) is 0 Å². The molecule has 0 heterocycles. The van der Waals surface area contributed by atoms with Gasteiger partial charge in [-0.3, -0.25) is 16.3 Å². The summed E-state index contributed by atoms with van der Waals surface area (Å²) in [6.07, 6.45) is 0. The van der Waals surface area contributed by atoms with Crippen molar-refractivity contribution in [1.29, 1.82) is 0 Å². The van der Waals surface area contributed by atoms with Crippen LogP contribution in [0, 0.1) is 6.92 Å². The van der Waals surface area contributed by atoms with Crippen molar-refractivity contribution < 1.29 is 64.0 Å². The van der Waals surface area contributed by atoms with Crippen LogP contribution >= 0.6 is 0 Å². The van der Waals surface area contributed by atoms with E-state index in [1.54, 1.807) is 0 Å². The fraction of sp³-hybridized carbons (Fsp3) is 0.500. The Morgan fingerprint density at radius 2 is 1.92 bits per heavy atom. The van der Waals surface area contributed by atoms with Gasteiger partial charge in [-0.25, -0.2) is 0 Å². The van der Waals surface area contributed by atoms with Gasteiger partial charge in [0.2, 0.25) is 0 Å². The minimum absolute atomic E-state index is 0. The van der Waals surface area contributed by atoms with Crippen LogP contribution in [-0.4, -0.2) is 30.8 Å². The summed E-state index contributed by atoms with van der Waals surface area (Å²) in [5.41, 5.74) is 0. The number of rotatable bonds is 3. The molecular formula is C4H5F2O5SY-. The molecule has 0 saturated heterocycles. The van der Waals surface area contributed by atoms with E-state index in [-0.39, 0.29) is 32.7 Å². The molecule has 0 amide bonds. The number of carbonyl (C=O) groups is 1. The molecule has 0 aromatic rings. The summed E-state index contributed by atoms with van der Waals surface area (Å²) >= 11 is 0. The van der Waals surface area contributed by atoms with Gasteiger partial charge in [0, 0.05) is 32.7 Å². The number of hydrogen-bond acceptors (Lipinski definition) is 4. The molecule has 0 spiro atoms. The summed E-state index contributed by atoms with van der Waals surface area (Å²) in [6, 6.07) is 0. The second-order valence-electron chi connectivity index (χ2n) is 1.77. The number of ether oxygens (including phenoxy) is 1. The zero-order chi connectivity index (χ0) is 9.99. The van der Waals surface area contributed by atoms with Crippen LogP contribution in [0.4, 0.5) is 8.78 Å². The maximum Gasteiger partial charge on any atom is 0.402 e. The minimum atomic E-state index is -5.54. The molecule has 0 aromatic carbocycles. The molecule has 0 bridgehead atoms. The monoisotopic (exact) mass is 292 g/mol. The van der Waals surface area contributed by atoms with Crippen molar-refractivity contribution in [3.8, 4) is 0 Å². The summed E-state index contributed by atoms with van der Waals surface area (Å²) in [6.45, 7) is 0.811. The van der Waals surface area contributed by atoms with Crippen molar-refractivity contribution >= 4 is 16.1 Å². The van der Waals surface area contributed by atoms with Gasteiger partial charge in [0.15, 0.2) is 12.6 Å². The molecule has 0 aliphatic carbocycles. The number of esters is 1. The Hall–Kier alpha value is 0.214. The predicted octanol–water partition coefficient (Wildman–Crippen LogP) is -0.158. The average Bonchev–Trinajstić information content (AvgIpc) is 1.81. The van der Waals surface area contributed by atoms with Gasteiger partial charge in [-0.05, 0) is 0 Å². The molecule has 5 nitrogen and oxygen atoms in total. The topological polar surface area (TPSA) is 80.7 Å². The van der Waals surface area contributed by atoms with Crippen LogP contribution in [0.2, 0.25) is 0 Å². The summed E-state index contributed by atoms with van der Waals surface area (Å²) < 4.78 is 55.5. The van der Waals surface area contributed by atoms with Gasteiger partial charge in [-0.2, -0.15) is 17.2 Å². The number of hydrogen-bond donors (Lipinski definition) is 1. The second kappa shape index (κ2) is 5.18. The van der Waals surface area contributed by atoms with E-state index in [2.05, 4.69) is 11.7 Å². The van der Waals surface area contributed by atoms with Crippen LogP contribution in [0.25, 0.3) is 0 Å². The maximum absolute atomic E-state index is 12.1. The zero-order valence-electron chi connectivity index (χ0n) is 6.24. The minimum Gasteiger partial charge on any atom is -0.481 e. The quantitative estimate of drug-likeness (QED) is 0.444. The third kappa shape index (κ3) is 5.50. The molecule has 0 aromatic heterocycles. The van der Waals surface area contributed by atoms with Crippen LogP contribution in [0.15, 0.2) is 0 Å². The third-order valence-electron chi connectivity index (χ3n) is 0.779. The Morgan fingerprint density at radius 1 is 1.54 bits per heavy atom. The van der Waals surface area contributed by atoms with E-state index >= 15 is 0 Å². The van der Waals surface area contributed by atoms with Crippen molar-refractivity contribution in [3.05, 3.63) is 6.92 Å². The van der Waals surface area contributed by atoms with Crippen LogP contribution in [0.5, 0.6) is 0 Å². The van der Waals surface area contributed by atoms with E-state index in [4.69, 9.17) is 4.55 Å². The van der Waals surface area contributed by atoms with E-state index in [1.807, 2.05) is 0 Å². The van der Waals surface area contributed by atoms with Crippen molar-refractivity contribution in [1.82, 2.24) is 0 Å². The van der Waals surface area contributed by atoms with E-state index in [1.165, 1.54) is 0 Å². The molecule has 0 aliphatic rings. The Balaban J connectivity index is 0. The van der Waals surface area contributed by atoms with Gasteiger partial charge in [0.1, 0.15) is 0 Å². The third-order valence-corrected chi connectivity index (χ3v) is 1.65. The van der Waals surface area contributed by atoms with Gasteiger partial charge in [0.05, 0.1) is 0 Å². The van der Waals surface area contributed by atoms with Gasteiger partial charge in [-0.15, -0.1) is 0 Å². The summed E-state index contributed by atoms with van der Waals surface area (Å²) in [5.74, 6) is -1.31. The molecule has 75 valence electrons. The van der Waals surface area contributed by atoms with Crippen molar-refractivity contribution in [3.63, 3.8) is 0 Å². The Labute approximate surface area is 98.5 Å². The van der Waals surface area contributed by atoms with E-state index in [0.717, 1.165) is 0 Å². The molecule has 0 fully saturated rings. The van der Waals surface area contributed by atoms with Crippen molar-refractivity contribution in [2.45, 2.75) is 5.25 Å². The Morgan fingerprint density at radius 3 is 2.15 bits per heavy atom. The molecule has 0 saturated carbocycles. The second-order valence-corrected chi connectivity index (χ2v) is 3.32. The normalized spacial score (nSPS) is 11.6. The smallest absolute Gasteiger partial charge is 0.402 e. The first-order valence-corrected chi connectivity index (χ1v) is 3.94. The predicted molar refractivity (Wildman–Crippen MR) is 32.8 cm³/mol. The van der Waals surface area contributed by atoms with E-state index < -0.39 is 27.9 Å². The molecule has 0 unspecified atom stereocenters. The number of alkyl halides is 2. The SMILES string of the molecule is [CH2-]C(=O)OCC(F)(F)S(=O)(=O)O.[Y]. The van der Waals surface area contributed by atoms with Gasteiger partial charge < -0.3 is 4.74 Å². The zero-order valence-corrected chi connectivity index (χ0v) is 9.89. The maximum atomic E-state index is 12.1. The van der Waals surface area contributed by atoms with Gasteiger partial charge in [0.25, 0.3) is 0 Å². The molecule has 0 atom stereocenters. The Bertz CT molecular complexity index is 274. The van der Waals surface area contributed by atoms with E-state index in [9.17, 15) is 22.0 Å². The summed E-state index contributed by atoms with van der Waals surface area (Å²) in [4.78, 5) is 9.87. The van der Waals surface area contributed by atoms with Gasteiger partial charge in [-0.1, -0.05) is 0 Å². The first-order valence-electron chi connectivity index (χ1n) is 2.50. The Kier molecular flexibility index (Phi) is 6.25. The molecular weight excluding hydrogens is 287 g/mol. The number of halogens is 2. The molecule has 0 aliphatic heterocycles. The summed E-state index contributed by atoms with van der Waals surface area (Å²) in [5, 5.41) is -4.49. The van der Waals surface area contributed by atoms with Crippen LogP contribution in [0.1, 0.15) is 0 Å². The van der Waals surface area contributed by atoms with Crippen molar-refractivity contribution in [2.24, 2.45) is 0 Å². The molecule has 1 radical (unpaired) electrons. The van der Waals surface area contributed by atoms with Crippen LogP contribution in [-0.2, 0) is 52.4 Å². The fourth-order valence-corrected chi connectivity index (χ4v) is 0.447. The number of carbonyl (C=O) groups excluding carboxylic acids is 1. The first kappa shape index (κ1) is 15.7. The fourth-order valence-electron chi connectivity index (χ4n) is 0.239. The van der Waals surface area contributed by atoms with Crippen LogP contribution < -0.4 is 0 Å². The van der Waals surface area contributed by atoms with Gasteiger partial charge >= 0.3 is 15.4 Å². The molecule has 1 N–H and O–H groups in total. The van der Waals surface area contributed by atoms with Crippen molar-refractivity contribution in [2.75, 3.05) is 6.61 Å². The first-order chi connectivity index (χ1) is 5.17. The molecule has 13 heavy (non-hydrogen) atoms.